The lowest BCUT2D eigenvalue weighted by atomic mass is 10.3. The van der Waals surface area contributed by atoms with E-state index in [1.54, 1.807) is 0 Å². The summed E-state index contributed by atoms with van der Waals surface area (Å²) in [7, 11) is 0. The van der Waals surface area contributed by atoms with Gasteiger partial charge in [0.2, 0.25) is 0 Å². The van der Waals surface area contributed by atoms with Crippen molar-refractivity contribution in [1.82, 2.24) is 0 Å². The molecule has 1 fully saturated rings. The first-order valence-corrected chi connectivity index (χ1v) is 5.58. The Morgan fingerprint density at radius 1 is 1.18 bits per heavy atom. The van der Waals surface area contributed by atoms with E-state index in [4.69, 9.17) is 34.3 Å². The van der Waals surface area contributed by atoms with Crippen molar-refractivity contribution in [3.8, 4) is 0 Å². The maximum absolute atomic E-state index is 9.08. The molecule has 0 saturated carbocycles. The third kappa shape index (κ3) is 6.27. The Morgan fingerprint density at radius 3 is 2.59 bits per heavy atom. The van der Waals surface area contributed by atoms with E-state index in [1.807, 2.05) is 0 Å². The van der Waals surface area contributed by atoms with Gasteiger partial charge in [-0.2, -0.15) is 0 Å². The van der Waals surface area contributed by atoms with E-state index in [0.717, 1.165) is 0 Å². The van der Waals surface area contributed by atoms with Crippen LogP contribution in [0.5, 0.6) is 0 Å². The molecule has 17 heavy (non-hydrogen) atoms. The van der Waals surface area contributed by atoms with Gasteiger partial charge in [0.15, 0.2) is 6.29 Å². The van der Waals surface area contributed by atoms with E-state index in [0.29, 0.717) is 19.8 Å². The maximum atomic E-state index is 9.08. The van der Waals surface area contributed by atoms with Gasteiger partial charge in [0.1, 0.15) is 12.2 Å². The van der Waals surface area contributed by atoms with Crippen molar-refractivity contribution >= 4 is 0 Å². The first-order chi connectivity index (χ1) is 8.26. The van der Waals surface area contributed by atoms with Crippen LogP contribution >= 0.6 is 0 Å². The van der Waals surface area contributed by atoms with Crippen molar-refractivity contribution in [3.63, 3.8) is 0 Å². The van der Waals surface area contributed by atoms with E-state index in [2.05, 4.69) is 0 Å². The summed E-state index contributed by atoms with van der Waals surface area (Å²) in [5, 5.41) is 26.7. The van der Waals surface area contributed by atoms with Gasteiger partial charge in [-0.05, 0) is 0 Å². The summed E-state index contributed by atoms with van der Waals surface area (Å²) in [6.07, 6.45) is -1.94. The molecule has 3 N–H and O–H groups in total. The Bertz CT molecular complexity index is 183. The van der Waals surface area contributed by atoms with Crippen molar-refractivity contribution in [2.24, 2.45) is 0 Å². The van der Waals surface area contributed by atoms with E-state index in [1.165, 1.54) is 0 Å². The first-order valence-electron chi connectivity index (χ1n) is 5.58. The summed E-state index contributed by atoms with van der Waals surface area (Å²) in [4.78, 5) is 0. The molecule has 7 heteroatoms. The second kappa shape index (κ2) is 8.76. The molecule has 1 heterocycles. The van der Waals surface area contributed by atoms with E-state index < -0.39 is 18.5 Å². The normalized spacial score (nSPS) is 24.5. The highest BCUT2D eigenvalue weighted by Gasteiger charge is 2.18. The van der Waals surface area contributed by atoms with Crippen molar-refractivity contribution in [2.75, 3.05) is 46.2 Å². The molecule has 0 aromatic heterocycles. The van der Waals surface area contributed by atoms with Gasteiger partial charge in [0.05, 0.1) is 46.2 Å². The highest BCUT2D eigenvalue weighted by atomic mass is 16.7. The van der Waals surface area contributed by atoms with Crippen molar-refractivity contribution in [1.29, 1.82) is 0 Å². The number of hydrogen-bond acceptors (Lipinski definition) is 7. The molecular weight excluding hydrogens is 232 g/mol. The zero-order chi connectivity index (χ0) is 12.5. The lowest BCUT2D eigenvalue weighted by Crippen LogP contribution is -2.36. The summed E-state index contributed by atoms with van der Waals surface area (Å²) >= 11 is 0. The number of hydrogen-bond donors (Lipinski definition) is 3. The van der Waals surface area contributed by atoms with Gasteiger partial charge in [-0.25, -0.2) is 0 Å². The molecule has 0 spiro atoms. The van der Waals surface area contributed by atoms with Crippen LogP contribution in [0.4, 0.5) is 0 Å². The molecule has 3 unspecified atom stereocenters. The average molecular weight is 252 g/mol. The third-order valence-corrected chi connectivity index (χ3v) is 2.19. The van der Waals surface area contributed by atoms with Crippen LogP contribution in [-0.2, 0) is 18.9 Å². The predicted molar refractivity (Wildman–Crippen MR) is 56.4 cm³/mol. The molecule has 1 aliphatic heterocycles. The lowest BCUT2D eigenvalue weighted by molar-refractivity contribution is -0.224. The van der Waals surface area contributed by atoms with Gasteiger partial charge >= 0.3 is 0 Å². The second-order valence-corrected chi connectivity index (χ2v) is 3.68. The smallest absolute Gasteiger partial charge is 0.181 e. The summed E-state index contributed by atoms with van der Waals surface area (Å²) in [6, 6.07) is 0. The van der Waals surface area contributed by atoms with Gasteiger partial charge in [0, 0.05) is 0 Å². The zero-order valence-electron chi connectivity index (χ0n) is 9.66. The quantitative estimate of drug-likeness (QED) is 0.464. The SMILES string of the molecule is OCC(O)COC(CO)COC1COCCO1. The number of aliphatic hydroxyl groups is 3. The van der Waals surface area contributed by atoms with Gasteiger partial charge in [-0.15, -0.1) is 0 Å². The van der Waals surface area contributed by atoms with Crippen LogP contribution in [0.1, 0.15) is 0 Å². The third-order valence-electron chi connectivity index (χ3n) is 2.19. The van der Waals surface area contributed by atoms with Crippen LogP contribution in [-0.4, -0.2) is 80.1 Å². The Kier molecular flexibility index (Phi) is 7.62. The van der Waals surface area contributed by atoms with Crippen molar-refractivity contribution < 1.29 is 34.3 Å². The van der Waals surface area contributed by atoms with E-state index >= 15 is 0 Å². The molecule has 0 aromatic carbocycles. The van der Waals surface area contributed by atoms with Crippen molar-refractivity contribution in [3.05, 3.63) is 0 Å². The van der Waals surface area contributed by atoms with E-state index in [-0.39, 0.29) is 26.4 Å². The zero-order valence-corrected chi connectivity index (χ0v) is 9.66. The topological polar surface area (TPSA) is 97.6 Å². The monoisotopic (exact) mass is 252 g/mol. The largest absolute Gasteiger partial charge is 0.394 e. The Balaban J connectivity index is 2.12. The Labute approximate surface area is 99.9 Å². The van der Waals surface area contributed by atoms with Crippen LogP contribution in [0.3, 0.4) is 0 Å². The predicted octanol–water partition coefficient (Wildman–Crippen LogP) is -1.89. The Morgan fingerprint density at radius 2 is 2.00 bits per heavy atom. The minimum Gasteiger partial charge on any atom is -0.394 e. The molecule has 7 nitrogen and oxygen atoms in total. The van der Waals surface area contributed by atoms with Crippen molar-refractivity contribution in [2.45, 2.75) is 18.5 Å². The second-order valence-electron chi connectivity index (χ2n) is 3.68. The van der Waals surface area contributed by atoms with Crippen LogP contribution < -0.4 is 0 Å². The molecular formula is C10H20O7. The van der Waals surface area contributed by atoms with Gasteiger partial charge in [-0.3, -0.25) is 0 Å². The molecule has 3 atom stereocenters. The Hall–Kier alpha value is -0.280. The number of ether oxygens (including phenoxy) is 4. The standard InChI is InChI=1S/C10H20O7/c11-3-8(13)5-16-9(4-12)6-17-10-7-14-1-2-15-10/h8-13H,1-7H2. The molecule has 1 aliphatic rings. The summed E-state index contributed by atoms with van der Waals surface area (Å²) in [5.41, 5.74) is 0. The summed E-state index contributed by atoms with van der Waals surface area (Å²) < 4.78 is 20.9. The molecule has 0 aromatic rings. The molecule has 1 saturated heterocycles. The fourth-order valence-corrected chi connectivity index (χ4v) is 1.23. The molecule has 1 rings (SSSR count). The molecule has 0 aliphatic carbocycles. The first kappa shape index (κ1) is 14.8. The van der Waals surface area contributed by atoms with Crippen LogP contribution in [0.2, 0.25) is 0 Å². The van der Waals surface area contributed by atoms with Gasteiger partial charge < -0.3 is 34.3 Å². The maximum Gasteiger partial charge on any atom is 0.181 e. The molecule has 0 radical (unpaired) electrons. The number of rotatable bonds is 8. The highest BCUT2D eigenvalue weighted by molar-refractivity contribution is 4.59. The fraction of sp³-hybridized carbons (Fsp3) is 1.00. The minimum atomic E-state index is -0.946. The van der Waals surface area contributed by atoms with Gasteiger partial charge in [-0.1, -0.05) is 0 Å². The van der Waals surface area contributed by atoms with Gasteiger partial charge in [0.25, 0.3) is 0 Å². The van der Waals surface area contributed by atoms with Crippen LogP contribution in [0.25, 0.3) is 0 Å². The summed E-state index contributed by atoms with van der Waals surface area (Å²) in [5.74, 6) is 0. The van der Waals surface area contributed by atoms with E-state index in [9.17, 15) is 0 Å². The molecule has 0 amide bonds. The minimum absolute atomic E-state index is 0.0485. The molecule has 102 valence electrons. The average Bonchev–Trinajstić information content (AvgIpc) is 2.39. The fourth-order valence-electron chi connectivity index (χ4n) is 1.23. The van der Waals surface area contributed by atoms with Crippen LogP contribution in [0.15, 0.2) is 0 Å². The lowest BCUT2D eigenvalue weighted by Gasteiger charge is -2.25. The summed E-state index contributed by atoms with van der Waals surface area (Å²) in [6.45, 7) is 0.887. The molecule has 0 bridgehead atoms. The number of aliphatic hydroxyl groups excluding tert-OH is 3. The van der Waals surface area contributed by atoms with Crippen LogP contribution in [0, 0.1) is 0 Å². The highest BCUT2D eigenvalue weighted by Crippen LogP contribution is 2.04.